The lowest BCUT2D eigenvalue weighted by molar-refractivity contribution is -0.0500. The summed E-state index contributed by atoms with van der Waals surface area (Å²) in [6, 6.07) is 10.4. The highest BCUT2D eigenvalue weighted by Gasteiger charge is 2.64. The molecule has 1 fully saturated rings. The molecule has 4 heteroatoms. The van der Waals surface area contributed by atoms with E-state index in [1.54, 1.807) is 7.11 Å². The predicted octanol–water partition coefficient (Wildman–Crippen LogP) is 5.90. The van der Waals surface area contributed by atoms with Crippen molar-refractivity contribution in [3.63, 3.8) is 0 Å². The van der Waals surface area contributed by atoms with Gasteiger partial charge in [-0.3, -0.25) is 0 Å². The minimum atomic E-state index is -2.08. The Morgan fingerprint density at radius 2 is 1.64 bits per heavy atom. The predicted molar refractivity (Wildman–Crippen MR) is 106 cm³/mol. The monoisotopic (exact) mass is 364 g/mol. The Bertz CT molecular complexity index is 516. The van der Waals surface area contributed by atoms with E-state index in [1.165, 1.54) is 5.56 Å². The van der Waals surface area contributed by atoms with Crippen molar-refractivity contribution in [1.29, 1.82) is 0 Å². The fourth-order valence-electron chi connectivity index (χ4n) is 4.91. The van der Waals surface area contributed by atoms with Gasteiger partial charge >= 0.3 is 0 Å². The number of rotatable bonds is 6. The third kappa shape index (κ3) is 4.36. The zero-order valence-corrected chi connectivity index (χ0v) is 18.1. The van der Waals surface area contributed by atoms with Gasteiger partial charge in [0, 0.05) is 20.1 Å². The van der Waals surface area contributed by atoms with E-state index in [1.807, 2.05) is 6.07 Å². The maximum absolute atomic E-state index is 6.72. The lowest BCUT2D eigenvalue weighted by Gasteiger charge is -2.51. The SMILES string of the molecule is COC1C[C@H](CCOCc2ccccc2)[Si](C(C)(C)C)(C(C)(C)C)O1. The van der Waals surface area contributed by atoms with Crippen LogP contribution in [0.4, 0.5) is 0 Å². The second-order valence-electron chi connectivity index (χ2n) is 9.28. The van der Waals surface area contributed by atoms with Crippen LogP contribution in [-0.2, 0) is 20.5 Å². The highest BCUT2D eigenvalue weighted by atomic mass is 28.4. The van der Waals surface area contributed by atoms with E-state index in [2.05, 4.69) is 65.8 Å². The molecule has 1 aliphatic heterocycles. The molecule has 1 aromatic carbocycles. The van der Waals surface area contributed by atoms with Gasteiger partial charge in [-0.05, 0) is 27.6 Å². The zero-order valence-electron chi connectivity index (χ0n) is 17.1. The Morgan fingerprint density at radius 3 is 2.16 bits per heavy atom. The first-order valence-corrected chi connectivity index (χ1v) is 11.4. The minimum Gasteiger partial charge on any atom is -0.391 e. The fourth-order valence-corrected chi connectivity index (χ4v) is 12.2. The molecule has 1 aliphatic rings. The molecule has 142 valence electrons. The summed E-state index contributed by atoms with van der Waals surface area (Å²) in [6.45, 7) is 15.5. The van der Waals surface area contributed by atoms with Crippen molar-refractivity contribution in [3.8, 4) is 0 Å². The minimum absolute atomic E-state index is 0.0655. The normalized spacial score (nSPS) is 23.8. The highest BCUT2D eigenvalue weighted by Crippen LogP contribution is 2.62. The highest BCUT2D eigenvalue weighted by molar-refractivity contribution is 6.81. The smallest absolute Gasteiger partial charge is 0.210 e. The molecule has 2 atom stereocenters. The van der Waals surface area contributed by atoms with Crippen molar-refractivity contribution in [2.75, 3.05) is 13.7 Å². The molecule has 0 radical (unpaired) electrons. The van der Waals surface area contributed by atoms with Crippen LogP contribution in [0.1, 0.15) is 59.9 Å². The first-order valence-electron chi connectivity index (χ1n) is 9.44. The Kier molecular flexibility index (Phi) is 6.53. The van der Waals surface area contributed by atoms with Crippen molar-refractivity contribution in [2.45, 2.75) is 82.9 Å². The molecule has 0 amide bonds. The third-order valence-electron chi connectivity index (χ3n) is 5.58. The molecule has 0 saturated carbocycles. The lowest BCUT2D eigenvalue weighted by atomic mass is 10.2. The van der Waals surface area contributed by atoms with E-state index < -0.39 is 8.32 Å². The number of ether oxygens (including phenoxy) is 2. The van der Waals surface area contributed by atoms with Crippen LogP contribution >= 0.6 is 0 Å². The Morgan fingerprint density at radius 1 is 1.04 bits per heavy atom. The van der Waals surface area contributed by atoms with Crippen LogP contribution in [0, 0.1) is 0 Å². The van der Waals surface area contributed by atoms with Gasteiger partial charge in [0.1, 0.15) is 6.29 Å². The van der Waals surface area contributed by atoms with Crippen LogP contribution in [0.5, 0.6) is 0 Å². The standard InChI is InChI=1S/C21H36O3Si/c1-20(2,3)25(21(4,5)6)18(15-19(22-7)24-25)13-14-23-16-17-11-9-8-10-12-17/h8-12,18-19H,13-16H2,1-7H3/t18-,19?/m0/s1. The van der Waals surface area contributed by atoms with Crippen molar-refractivity contribution in [1.82, 2.24) is 0 Å². The van der Waals surface area contributed by atoms with Gasteiger partial charge in [-0.2, -0.15) is 0 Å². The van der Waals surface area contributed by atoms with Gasteiger partial charge in [0.05, 0.1) is 6.61 Å². The third-order valence-corrected chi connectivity index (χ3v) is 12.3. The van der Waals surface area contributed by atoms with Gasteiger partial charge in [0.2, 0.25) is 8.32 Å². The Labute approximate surface area is 155 Å². The average molecular weight is 365 g/mol. The van der Waals surface area contributed by atoms with Gasteiger partial charge in [-0.15, -0.1) is 0 Å². The zero-order chi connectivity index (χ0) is 18.7. The van der Waals surface area contributed by atoms with E-state index in [0.717, 1.165) is 19.4 Å². The largest absolute Gasteiger partial charge is 0.391 e. The van der Waals surface area contributed by atoms with Gasteiger partial charge < -0.3 is 13.9 Å². The molecular formula is C21H36O3Si. The summed E-state index contributed by atoms with van der Waals surface area (Å²) < 4.78 is 18.3. The lowest BCUT2D eigenvalue weighted by Crippen LogP contribution is -2.55. The van der Waals surface area contributed by atoms with Crippen LogP contribution in [0.3, 0.4) is 0 Å². The first kappa shape index (κ1) is 20.6. The van der Waals surface area contributed by atoms with E-state index in [4.69, 9.17) is 13.9 Å². The van der Waals surface area contributed by atoms with Crippen molar-refractivity contribution >= 4 is 8.32 Å². The number of hydrogen-bond donors (Lipinski definition) is 0. The van der Waals surface area contributed by atoms with Gasteiger partial charge in [0.15, 0.2) is 0 Å². The van der Waals surface area contributed by atoms with E-state index >= 15 is 0 Å². The molecule has 1 heterocycles. The fraction of sp³-hybridized carbons (Fsp3) is 0.714. The van der Waals surface area contributed by atoms with Crippen LogP contribution < -0.4 is 0 Å². The van der Waals surface area contributed by atoms with Crippen LogP contribution in [-0.4, -0.2) is 28.3 Å². The topological polar surface area (TPSA) is 27.7 Å². The molecule has 0 aromatic heterocycles. The number of methoxy groups -OCH3 is 1. The van der Waals surface area contributed by atoms with E-state index in [-0.39, 0.29) is 16.4 Å². The van der Waals surface area contributed by atoms with Crippen molar-refractivity contribution in [3.05, 3.63) is 35.9 Å². The molecule has 0 spiro atoms. The molecule has 1 unspecified atom stereocenters. The summed E-state index contributed by atoms with van der Waals surface area (Å²) in [5, 5.41) is 0.311. The Hall–Kier alpha value is -0.683. The molecule has 25 heavy (non-hydrogen) atoms. The quantitative estimate of drug-likeness (QED) is 0.464. The summed E-state index contributed by atoms with van der Waals surface area (Å²) in [7, 11) is -0.316. The second kappa shape index (κ2) is 7.91. The number of hydrogen-bond acceptors (Lipinski definition) is 3. The van der Waals surface area contributed by atoms with Crippen LogP contribution in [0.25, 0.3) is 0 Å². The molecule has 3 nitrogen and oxygen atoms in total. The van der Waals surface area contributed by atoms with Gasteiger partial charge in [0.25, 0.3) is 0 Å². The molecule has 0 N–H and O–H groups in total. The summed E-state index contributed by atoms with van der Waals surface area (Å²) >= 11 is 0. The molecular weight excluding hydrogens is 328 g/mol. The first-order chi connectivity index (χ1) is 11.6. The molecule has 1 aromatic rings. The van der Waals surface area contributed by atoms with E-state index in [0.29, 0.717) is 12.1 Å². The van der Waals surface area contributed by atoms with Crippen molar-refractivity contribution < 1.29 is 13.9 Å². The van der Waals surface area contributed by atoms with Gasteiger partial charge in [-0.25, -0.2) is 0 Å². The molecule has 1 saturated heterocycles. The maximum atomic E-state index is 6.72. The summed E-state index contributed by atoms with van der Waals surface area (Å²) in [5.74, 6) is 0. The van der Waals surface area contributed by atoms with E-state index in [9.17, 15) is 0 Å². The summed E-state index contributed by atoms with van der Waals surface area (Å²) in [6.07, 6.45) is 1.98. The summed E-state index contributed by atoms with van der Waals surface area (Å²) in [5.41, 5.74) is 1.78. The second-order valence-corrected chi connectivity index (χ2v) is 14.8. The Balaban J connectivity index is 2.07. The van der Waals surface area contributed by atoms with Crippen molar-refractivity contribution in [2.24, 2.45) is 0 Å². The molecule has 2 rings (SSSR count). The molecule has 0 bridgehead atoms. The maximum Gasteiger partial charge on any atom is 0.210 e. The van der Waals surface area contributed by atoms with Crippen LogP contribution in [0.2, 0.25) is 15.6 Å². The summed E-state index contributed by atoms with van der Waals surface area (Å²) in [4.78, 5) is 0. The average Bonchev–Trinajstić information content (AvgIpc) is 2.92. The van der Waals surface area contributed by atoms with Crippen LogP contribution in [0.15, 0.2) is 30.3 Å². The number of benzene rings is 1. The van der Waals surface area contributed by atoms with Gasteiger partial charge in [-0.1, -0.05) is 71.9 Å². The molecule has 0 aliphatic carbocycles.